The highest BCUT2D eigenvalue weighted by Gasteiger charge is 2.11. The molecular formula is C17H17NO2. The molecule has 0 fully saturated rings. The molecule has 0 aromatic heterocycles. The molecule has 0 aliphatic heterocycles. The van der Waals surface area contributed by atoms with Crippen molar-refractivity contribution in [3.63, 3.8) is 0 Å². The first-order valence-electron chi connectivity index (χ1n) is 6.63. The fraction of sp³-hybridized carbons (Fsp3) is 0.235. The number of ether oxygens (including phenoxy) is 1. The third-order valence-electron chi connectivity index (χ3n) is 3.15. The summed E-state index contributed by atoms with van der Waals surface area (Å²) in [6, 6.07) is 14.9. The second-order valence-electron chi connectivity index (χ2n) is 4.64. The van der Waals surface area contributed by atoms with Crippen LogP contribution in [0.5, 0.6) is 11.5 Å². The third kappa shape index (κ3) is 3.17. The van der Waals surface area contributed by atoms with Crippen molar-refractivity contribution in [3.8, 4) is 17.6 Å². The van der Waals surface area contributed by atoms with E-state index in [0.717, 1.165) is 6.42 Å². The molecule has 102 valence electrons. The molecule has 0 bridgehead atoms. The Bertz CT molecular complexity index is 624. The van der Waals surface area contributed by atoms with E-state index in [2.05, 4.69) is 13.0 Å². The van der Waals surface area contributed by atoms with Gasteiger partial charge in [0.2, 0.25) is 0 Å². The molecule has 0 amide bonds. The summed E-state index contributed by atoms with van der Waals surface area (Å²) in [5.41, 5.74) is 2.41. The molecule has 0 radical (unpaired) electrons. The standard InChI is InChI=1S/C17H17NO2/c1-3-13-4-7-15(8-5-13)20-17-10-14(11-18)6-9-16(17)12(2)19/h4-10,12,19H,3H2,1-2H3/t12-/m1/s1. The molecule has 1 N–H and O–H groups in total. The molecule has 0 saturated heterocycles. The maximum atomic E-state index is 9.77. The third-order valence-corrected chi connectivity index (χ3v) is 3.15. The predicted molar refractivity (Wildman–Crippen MR) is 77.7 cm³/mol. The van der Waals surface area contributed by atoms with E-state index in [0.29, 0.717) is 22.6 Å². The number of aliphatic hydroxyl groups is 1. The van der Waals surface area contributed by atoms with E-state index >= 15 is 0 Å². The first-order valence-corrected chi connectivity index (χ1v) is 6.63. The molecule has 0 aliphatic rings. The summed E-state index contributed by atoms with van der Waals surface area (Å²) in [6.07, 6.45) is 0.330. The van der Waals surface area contributed by atoms with E-state index < -0.39 is 6.10 Å². The lowest BCUT2D eigenvalue weighted by molar-refractivity contribution is 0.195. The molecule has 20 heavy (non-hydrogen) atoms. The van der Waals surface area contributed by atoms with Crippen molar-refractivity contribution in [3.05, 3.63) is 59.2 Å². The van der Waals surface area contributed by atoms with Gasteiger partial charge in [-0.05, 0) is 43.2 Å². The molecule has 3 heteroatoms. The quantitative estimate of drug-likeness (QED) is 0.912. The Hall–Kier alpha value is -2.31. The van der Waals surface area contributed by atoms with Crippen LogP contribution in [0.25, 0.3) is 0 Å². The minimum Gasteiger partial charge on any atom is -0.457 e. The van der Waals surface area contributed by atoms with Crippen molar-refractivity contribution in [2.75, 3.05) is 0 Å². The van der Waals surface area contributed by atoms with E-state index in [1.807, 2.05) is 24.3 Å². The van der Waals surface area contributed by atoms with Gasteiger partial charge in [-0.3, -0.25) is 0 Å². The van der Waals surface area contributed by atoms with Crippen LogP contribution in [-0.2, 0) is 6.42 Å². The van der Waals surface area contributed by atoms with Gasteiger partial charge in [0.15, 0.2) is 0 Å². The van der Waals surface area contributed by atoms with Crippen molar-refractivity contribution in [1.29, 1.82) is 5.26 Å². The Labute approximate surface area is 119 Å². The molecule has 2 aromatic carbocycles. The zero-order chi connectivity index (χ0) is 14.5. The summed E-state index contributed by atoms with van der Waals surface area (Å²) >= 11 is 0. The topological polar surface area (TPSA) is 53.2 Å². The van der Waals surface area contributed by atoms with E-state index in [1.165, 1.54) is 5.56 Å². The Morgan fingerprint density at radius 2 is 1.90 bits per heavy atom. The largest absolute Gasteiger partial charge is 0.457 e. The van der Waals surface area contributed by atoms with Gasteiger partial charge in [-0.15, -0.1) is 0 Å². The molecule has 0 saturated carbocycles. The number of rotatable bonds is 4. The zero-order valence-electron chi connectivity index (χ0n) is 11.6. The molecule has 0 unspecified atom stereocenters. The minimum atomic E-state index is -0.646. The SMILES string of the molecule is CCc1ccc(Oc2cc(C#N)ccc2[C@@H](C)O)cc1. The lowest BCUT2D eigenvalue weighted by atomic mass is 10.1. The highest BCUT2D eigenvalue weighted by atomic mass is 16.5. The molecular weight excluding hydrogens is 250 g/mol. The van der Waals surface area contributed by atoms with Gasteiger partial charge in [0.05, 0.1) is 17.7 Å². The molecule has 0 aliphatic carbocycles. The van der Waals surface area contributed by atoms with Crippen LogP contribution in [0.3, 0.4) is 0 Å². The van der Waals surface area contributed by atoms with Gasteiger partial charge in [-0.1, -0.05) is 25.1 Å². The van der Waals surface area contributed by atoms with E-state index in [1.54, 1.807) is 25.1 Å². The number of hydrogen-bond acceptors (Lipinski definition) is 3. The fourth-order valence-corrected chi connectivity index (χ4v) is 1.96. The Morgan fingerprint density at radius 3 is 2.45 bits per heavy atom. The maximum Gasteiger partial charge on any atom is 0.134 e. The number of benzene rings is 2. The van der Waals surface area contributed by atoms with Crippen molar-refractivity contribution in [2.24, 2.45) is 0 Å². The van der Waals surface area contributed by atoms with Crippen LogP contribution < -0.4 is 4.74 Å². The van der Waals surface area contributed by atoms with E-state index in [9.17, 15) is 5.11 Å². The highest BCUT2D eigenvalue weighted by Crippen LogP contribution is 2.30. The zero-order valence-corrected chi connectivity index (χ0v) is 11.6. The predicted octanol–water partition coefficient (Wildman–Crippen LogP) is 3.97. The first-order chi connectivity index (χ1) is 9.63. The van der Waals surface area contributed by atoms with Gasteiger partial charge in [0.1, 0.15) is 11.5 Å². The molecule has 0 heterocycles. The Balaban J connectivity index is 2.33. The molecule has 0 spiro atoms. The van der Waals surface area contributed by atoms with Gasteiger partial charge in [-0.2, -0.15) is 5.26 Å². The van der Waals surface area contributed by atoms with Gasteiger partial charge in [0, 0.05) is 5.56 Å². The second kappa shape index (κ2) is 6.23. The van der Waals surface area contributed by atoms with Gasteiger partial charge < -0.3 is 9.84 Å². The Morgan fingerprint density at radius 1 is 1.20 bits per heavy atom. The summed E-state index contributed by atoms with van der Waals surface area (Å²) in [6.45, 7) is 3.77. The van der Waals surface area contributed by atoms with Gasteiger partial charge in [-0.25, -0.2) is 0 Å². The van der Waals surface area contributed by atoms with E-state index in [-0.39, 0.29) is 0 Å². The van der Waals surface area contributed by atoms with Crippen LogP contribution in [0.2, 0.25) is 0 Å². The lowest BCUT2D eigenvalue weighted by Crippen LogP contribution is -1.97. The number of hydrogen-bond donors (Lipinski definition) is 1. The lowest BCUT2D eigenvalue weighted by Gasteiger charge is -2.13. The van der Waals surface area contributed by atoms with Crippen LogP contribution in [0.15, 0.2) is 42.5 Å². The highest BCUT2D eigenvalue weighted by molar-refractivity contribution is 5.45. The van der Waals surface area contributed by atoms with Crippen molar-refractivity contribution >= 4 is 0 Å². The number of aliphatic hydroxyl groups excluding tert-OH is 1. The van der Waals surface area contributed by atoms with Crippen LogP contribution >= 0.6 is 0 Å². The number of nitriles is 1. The average molecular weight is 267 g/mol. The molecule has 3 nitrogen and oxygen atoms in total. The number of nitrogens with zero attached hydrogens (tertiary/aromatic N) is 1. The van der Waals surface area contributed by atoms with Crippen molar-refractivity contribution < 1.29 is 9.84 Å². The summed E-state index contributed by atoms with van der Waals surface area (Å²) < 4.78 is 5.80. The van der Waals surface area contributed by atoms with Crippen molar-refractivity contribution in [2.45, 2.75) is 26.4 Å². The van der Waals surface area contributed by atoms with Gasteiger partial charge in [0.25, 0.3) is 0 Å². The van der Waals surface area contributed by atoms with Crippen LogP contribution in [0.1, 0.15) is 36.6 Å². The fourth-order valence-electron chi connectivity index (χ4n) is 1.96. The monoisotopic (exact) mass is 267 g/mol. The van der Waals surface area contributed by atoms with E-state index in [4.69, 9.17) is 10.00 Å². The summed E-state index contributed by atoms with van der Waals surface area (Å²) in [4.78, 5) is 0. The van der Waals surface area contributed by atoms with Gasteiger partial charge >= 0.3 is 0 Å². The normalized spacial score (nSPS) is 11.7. The van der Waals surface area contributed by atoms with Crippen LogP contribution in [-0.4, -0.2) is 5.11 Å². The summed E-state index contributed by atoms with van der Waals surface area (Å²) in [5.74, 6) is 1.21. The minimum absolute atomic E-state index is 0.509. The van der Waals surface area contributed by atoms with Crippen LogP contribution in [0, 0.1) is 11.3 Å². The first kappa shape index (κ1) is 14.1. The van der Waals surface area contributed by atoms with Crippen LogP contribution in [0.4, 0.5) is 0 Å². The summed E-state index contributed by atoms with van der Waals surface area (Å²) in [7, 11) is 0. The average Bonchev–Trinajstić information content (AvgIpc) is 2.47. The maximum absolute atomic E-state index is 9.77. The molecule has 2 rings (SSSR count). The van der Waals surface area contributed by atoms with Crippen molar-refractivity contribution in [1.82, 2.24) is 0 Å². The second-order valence-corrected chi connectivity index (χ2v) is 4.64. The smallest absolute Gasteiger partial charge is 0.134 e. The number of aryl methyl sites for hydroxylation is 1. The Kier molecular flexibility index (Phi) is 4.39. The molecule has 2 aromatic rings. The molecule has 1 atom stereocenters. The summed E-state index contributed by atoms with van der Waals surface area (Å²) in [5, 5.41) is 18.7.